The van der Waals surface area contributed by atoms with Crippen LogP contribution in [0.4, 0.5) is 10.1 Å². The molecule has 19 heavy (non-hydrogen) atoms. The van der Waals surface area contributed by atoms with Crippen molar-refractivity contribution in [2.24, 2.45) is 0 Å². The summed E-state index contributed by atoms with van der Waals surface area (Å²) in [6, 6.07) is 4.07. The molecule has 0 radical (unpaired) electrons. The van der Waals surface area contributed by atoms with Crippen LogP contribution in [0.5, 0.6) is 5.75 Å². The van der Waals surface area contributed by atoms with Crippen LogP contribution in [0, 0.1) is 5.82 Å². The molecule has 5 nitrogen and oxygen atoms in total. The maximum Gasteiger partial charge on any atom is 0.242 e. The van der Waals surface area contributed by atoms with Gasteiger partial charge in [-0.3, -0.25) is 4.79 Å². The smallest absolute Gasteiger partial charge is 0.242 e. The zero-order valence-electron chi connectivity index (χ0n) is 11.0. The summed E-state index contributed by atoms with van der Waals surface area (Å²) < 4.78 is 18.1. The summed E-state index contributed by atoms with van der Waals surface area (Å²) in [7, 11) is 1.44. The molecule has 6 heteroatoms. The molecular weight excluding hydrogens is 249 g/mol. The lowest BCUT2D eigenvalue weighted by molar-refractivity contribution is -0.118. The van der Waals surface area contributed by atoms with Gasteiger partial charge in [0.1, 0.15) is 11.6 Å². The van der Waals surface area contributed by atoms with Gasteiger partial charge in [-0.1, -0.05) is 0 Å². The van der Waals surface area contributed by atoms with E-state index in [-0.39, 0.29) is 11.9 Å². The van der Waals surface area contributed by atoms with Crippen molar-refractivity contribution in [1.82, 2.24) is 10.6 Å². The molecule has 0 saturated carbocycles. The number of hydrogen-bond donors (Lipinski definition) is 3. The quantitative estimate of drug-likeness (QED) is 0.755. The highest BCUT2D eigenvalue weighted by atomic mass is 19.1. The average molecular weight is 267 g/mol. The van der Waals surface area contributed by atoms with Crippen LogP contribution < -0.4 is 20.7 Å². The topological polar surface area (TPSA) is 62.4 Å². The van der Waals surface area contributed by atoms with Crippen LogP contribution in [0.3, 0.4) is 0 Å². The van der Waals surface area contributed by atoms with Gasteiger partial charge >= 0.3 is 0 Å². The summed E-state index contributed by atoms with van der Waals surface area (Å²) >= 11 is 0. The summed E-state index contributed by atoms with van der Waals surface area (Å²) in [5.41, 5.74) is 0.467. The van der Waals surface area contributed by atoms with Crippen molar-refractivity contribution in [2.45, 2.75) is 19.0 Å². The van der Waals surface area contributed by atoms with E-state index < -0.39 is 5.82 Å². The number of anilines is 1. The molecule has 0 aromatic heterocycles. The van der Waals surface area contributed by atoms with Crippen molar-refractivity contribution in [2.75, 3.05) is 25.5 Å². The fourth-order valence-corrected chi connectivity index (χ4v) is 1.96. The molecule has 3 N–H and O–H groups in total. The molecule has 1 saturated heterocycles. The third-order valence-electron chi connectivity index (χ3n) is 3.08. The van der Waals surface area contributed by atoms with E-state index >= 15 is 0 Å². The molecule has 0 bridgehead atoms. The average Bonchev–Trinajstić information content (AvgIpc) is 2.41. The molecule has 1 amide bonds. The van der Waals surface area contributed by atoms with E-state index in [9.17, 15) is 9.18 Å². The van der Waals surface area contributed by atoms with Gasteiger partial charge in [-0.2, -0.15) is 0 Å². The summed E-state index contributed by atoms with van der Waals surface area (Å²) in [5, 5.41) is 9.11. The number of amides is 1. The van der Waals surface area contributed by atoms with Crippen molar-refractivity contribution in [3.63, 3.8) is 0 Å². The minimum atomic E-state index is -0.402. The van der Waals surface area contributed by atoms with E-state index in [2.05, 4.69) is 16.0 Å². The van der Waals surface area contributed by atoms with Crippen molar-refractivity contribution >= 4 is 11.6 Å². The van der Waals surface area contributed by atoms with Crippen LogP contribution in [0.25, 0.3) is 0 Å². The van der Waals surface area contributed by atoms with E-state index in [1.54, 1.807) is 0 Å². The van der Waals surface area contributed by atoms with Crippen LogP contribution in [0.2, 0.25) is 0 Å². The monoisotopic (exact) mass is 267 g/mol. The Morgan fingerprint density at radius 2 is 2.21 bits per heavy atom. The first-order chi connectivity index (χ1) is 9.10. The molecule has 0 aliphatic carbocycles. The third-order valence-corrected chi connectivity index (χ3v) is 3.08. The second-order valence-electron chi connectivity index (χ2n) is 4.60. The van der Waals surface area contributed by atoms with Crippen LogP contribution in [-0.2, 0) is 4.79 Å². The van der Waals surface area contributed by atoms with E-state index in [1.807, 2.05) is 6.92 Å². The maximum absolute atomic E-state index is 13.1. The van der Waals surface area contributed by atoms with Crippen molar-refractivity contribution in [3.8, 4) is 5.75 Å². The number of hydrogen-bond acceptors (Lipinski definition) is 4. The predicted molar refractivity (Wildman–Crippen MR) is 70.8 cm³/mol. The first-order valence-corrected chi connectivity index (χ1v) is 6.21. The van der Waals surface area contributed by atoms with Crippen LogP contribution in [0.1, 0.15) is 6.92 Å². The van der Waals surface area contributed by atoms with Gasteiger partial charge in [0.05, 0.1) is 18.8 Å². The van der Waals surface area contributed by atoms with E-state index in [0.29, 0.717) is 24.0 Å². The van der Waals surface area contributed by atoms with Crippen LogP contribution >= 0.6 is 0 Å². The number of ether oxygens (including phenoxy) is 1. The van der Waals surface area contributed by atoms with Crippen molar-refractivity contribution in [3.05, 3.63) is 24.0 Å². The van der Waals surface area contributed by atoms with Gasteiger partial charge in [0.25, 0.3) is 0 Å². The van der Waals surface area contributed by atoms with Gasteiger partial charge in [0.15, 0.2) is 0 Å². The predicted octanol–water partition coefficient (Wildman–Crippen LogP) is 0.723. The number of nitrogens with one attached hydrogen (secondary N) is 3. The van der Waals surface area contributed by atoms with E-state index in [1.165, 1.54) is 25.3 Å². The Labute approximate surface area is 111 Å². The molecule has 104 valence electrons. The normalized spacial score (nSPS) is 22.9. The van der Waals surface area contributed by atoms with Crippen molar-refractivity contribution in [1.29, 1.82) is 0 Å². The summed E-state index contributed by atoms with van der Waals surface area (Å²) in [5.74, 6) is -0.254. The Morgan fingerprint density at radius 1 is 1.42 bits per heavy atom. The Morgan fingerprint density at radius 3 is 2.84 bits per heavy atom. The molecule has 1 aromatic carbocycles. The largest absolute Gasteiger partial charge is 0.494 e. The van der Waals surface area contributed by atoms with Crippen LogP contribution in [-0.4, -0.2) is 38.2 Å². The lowest BCUT2D eigenvalue weighted by Crippen LogP contribution is -2.57. The standard InChI is InChI=1S/C13H18FN3O2/c1-8-6-16-11(7-15-8)13(18)17-10-4-3-9(14)5-12(10)19-2/h3-5,8,11,15-16H,6-7H2,1-2H3,(H,17,18). The summed E-state index contributed by atoms with van der Waals surface area (Å²) in [4.78, 5) is 12.1. The first-order valence-electron chi connectivity index (χ1n) is 6.21. The highest BCUT2D eigenvalue weighted by Crippen LogP contribution is 2.25. The van der Waals surface area contributed by atoms with Gasteiger partial charge in [-0.25, -0.2) is 4.39 Å². The Kier molecular flexibility index (Phi) is 4.34. The fourth-order valence-electron chi connectivity index (χ4n) is 1.96. The Bertz CT molecular complexity index is 459. The molecule has 1 heterocycles. The number of benzene rings is 1. The molecule has 2 atom stereocenters. The molecular formula is C13H18FN3O2. The highest BCUT2D eigenvalue weighted by molar-refractivity contribution is 5.96. The molecule has 0 spiro atoms. The van der Waals surface area contributed by atoms with Gasteiger partial charge in [0.2, 0.25) is 5.91 Å². The zero-order chi connectivity index (χ0) is 13.8. The minimum absolute atomic E-state index is 0.163. The second-order valence-corrected chi connectivity index (χ2v) is 4.60. The van der Waals surface area contributed by atoms with Gasteiger partial charge in [-0.15, -0.1) is 0 Å². The van der Waals surface area contributed by atoms with E-state index in [0.717, 1.165) is 6.54 Å². The van der Waals surface area contributed by atoms with Crippen LogP contribution in [0.15, 0.2) is 18.2 Å². The van der Waals surface area contributed by atoms with Gasteiger partial charge in [0, 0.05) is 25.2 Å². The molecule has 1 aliphatic rings. The van der Waals surface area contributed by atoms with E-state index in [4.69, 9.17) is 4.74 Å². The fraction of sp³-hybridized carbons (Fsp3) is 0.462. The third kappa shape index (κ3) is 3.42. The number of piperazine rings is 1. The number of halogens is 1. The maximum atomic E-state index is 13.1. The lowest BCUT2D eigenvalue weighted by atomic mass is 10.1. The molecule has 2 rings (SSSR count). The number of carbonyl (C=O) groups is 1. The Hall–Kier alpha value is -1.66. The zero-order valence-corrected chi connectivity index (χ0v) is 11.0. The first kappa shape index (κ1) is 13.8. The second kappa shape index (κ2) is 5.99. The molecule has 1 aromatic rings. The van der Waals surface area contributed by atoms with Crippen molar-refractivity contribution < 1.29 is 13.9 Å². The summed E-state index contributed by atoms with van der Waals surface area (Å²) in [6.45, 7) is 3.35. The molecule has 1 fully saturated rings. The Balaban J connectivity index is 2.02. The lowest BCUT2D eigenvalue weighted by Gasteiger charge is -2.28. The number of carbonyl (C=O) groups excluding carboxylic acids is 1. The number of methoxy groups -OCH3 is 1. The summed E-state index contributed by atoms with van der Waals surface area (Å²) in [6.07, 6.45) is 0. The highest BCUT2D eigenvalue weighted by Gasteiger charge is 2.23. The molecule has 2 unspecified atom stereocenters. The SMILES string of the molecule is COc1cc(F)ccc1NC(=O)C1CNC(C)CN1. The minimum Gasteiger partial charge on any atom is -0.494 e. The number of rotatable bonds is 3. The molecule has 1 aliphatic heterocycles. The van der Waals surface area contributed by atoms with Gasteiger partial charge < -0.3 is 20.7 Å². The van der Waals surface area contributed by atoms with Gasteiger partial charge in [-0.05, 0) is 19.1 Å².